The van der Waals surface area contributed by atoms with Crippen molar-refractivity contribution in [3.05, 3.63) is 42.4 Å². The first-order valence-electron chi connectivity index (χ1n) is 3.67. The molecule has 2 rings (SSSR count). The fourth-order valence-corrected chi connectivity index (χ4v) is 1.36. The highest BCUT2D eigenvalue weighted by atomic mass is 14.7. The molecule has 0 bridgehead atoms. The van der Waals surface area contributed by atoms with Gasteiger partial charge < -0.3 is 4.98 Å². The maximum Gasteiger partial charge on any atom is 0.0489 e. The van der Waals surface area contributed by atoms with Crippen molar-refractivity contribution in [3.63, 3.8) is 0 Å². The number of aryl methyl sites for hydroxylation is 1. The Kier molecular flexibility index (Phi) is 1.25. The van der Waals surface area contributed by atoms with Crippen LogP contribution in [0.25, 0.3) is 10.9 Å². The first-order valence-corrected chi connectivity index (χ1v) is 3.67. The van der Waals surface area contributed by atoms with Gasteiger partial charge in [-0.05, 0) is 25.0 Å². The topological polar surface area (TPSA) is 15.8 Å². The molecule has 0 aliphatic heterocycles. The lowest BCUT2D eigenvalue weighted by Crippen LogP contribution is -1.74. The summed E-state index contributed by atoms with van der Waals surface area (Å²) in [4.78, 5) is 3.19. The molecular formula is C10H10N. The van der Waals surface area contributed by atoms with Crippen molar-refractivity contribution in [1.82, 2.24) is 4.98 Å². The van der Waals surface area contributed by atoms with Crippen molar-refractivity contribution in [2.75, 3.05) is 0 Å². The van der Waals surface area contributed by atoms with Crippen molar-refractivity contribution < 1.29 is 0 Å². The van der Waals surface area contributed by atoms with Gasteiger partial charge in [0.2, 0.25) is 0 Å². The van der Waals surface area contributed by atoms with Gasteiger partial charge in [0.05, 0.1) is 0 Å². The highest BCUT2D eigenvalue weighted by Gasteiger charge is 1.99. The molecule has 1 nitrogen and oxygen atoms in total. The standard InChI is InChI=1S/C10H10N/c1-7-4-3-5-9-8(2)6-11-10(7)9/h3-6,11H,1H2,2H3. The Hall–Kier alpha value is -1.24. The number of hydrogen-bond donors (Lipinski definition) is 1. The predicted octanol–water partition coefficient (Wildman–Crippen LogP) is 2.66. The summed E-state index contributed by atoms with van der Waals surface area (Å²) in [5.74, 6) is 0. The van der Waals surface area contributed by atoms with Crippen molar-refractivity contribution in [3.8, 4) is 0 Å². The molecule has 0 aliphatic rings. The van der Waals surface area contributed by atoms with Crippen LogP contribution in [0.3, 0.4) is 0 Å². The Morgan fingerprint density at radius 1 is 1.36 bits per heavy atom. The second kappa shape index (κ2) is 2.12. The first-order chi connectivity index (χ1) is 5.29. The lowest BCUT2D eigenvalue weighted by atomic mass is 10.1. The number of para-hydroxylation sites is 1. The van der Waals surface area contributed by atoms with Crippen molar-refractivity contribution in [2.24, 2.45) is 0 Å². The minimum Gasteiger partial charge on any atom is -0.361 e. The first kappa shape index (κ1) is 6.47. The number of H-pyrrole nitrogens is 1. The van der Waals surface area contributed by atoms with Gasteiger partial charge in [-0.2, -0.15) is 0 Å². The molecule has 1 N–H and O–H groups in total. The fourth-order valence-electron chi connectivity index (χ4n) is 1.36. The zero-order valence-corrected chi connectivity index (χ0v) is 6.52. The van der Waals surface area contributed by atoms with E-state index in [0.29, 0.717) is 0 Å². The maximum atomic E-state index is 3.93. The summed E-state index contributed by atoms with van der Waals surface area (Å²) in [6, 6.07) is 6.15. The molecule has 1 heterocycles. The predicted molar refractivity (Wildman–Crippen MR) is 47.5 cm³/mol. The number of hydrogen-bond acceptors (Lipinski definition) is 0. The molecule has 1 aromatic carbocycles. The zero-order chi connectivity index (χ0) is 7.84. The van der Waals surface area contributed by atoms with Gasteiger partial charge in [-0.1, -0.05) is 18.2 Å². The summed E-state index contributed by atoms with van der Waals surface area (Å²) in [6.07, 6.45) is 2.01. The molecule has 0 saturated heterocycles. The maximum absolute atomic E-state index is 3.93. The van der Waals surface area contributed by atoms with Gasteiger partial charge in [-0.15, -0.1) is 0 Å². The summed E-state index contributed by atoms with van der Waals surface area (Å²) < 4.78 is 0. The van der Waals surface area contributed by atoms with Gasteiger partial charge in [-0.25, -0.2) is 0 Å². The van der Waals surface area contributed by atoms with Crippen LogP contribution in [0.5, 0.6) is 0 Å². The van der Waals surface area contributed by atoms with Crippen molar-refractivity contribution >= 4 is 10.9 Å². The van der Waals surface area contributed by atoms with E-state index in [4.69, 9.17) is 0 Å². The van der Waals surface area contributed by atoms with E-state index < -0.39 is 0 Å². The molecule has 0 aliphatic carbocycles. The molecule has 0 saturated carbocycles. The van der Waals surface area contributed by atoms with Crippen LogP contribution < -0.4 is 0 Å². The molecule has 1 heteroatoms. The SMILES string of the molecule is [CH2]c1cccc2c(C)c[nH]c12. The minimum absolute atomic E-state index is 1.07. The normalized spacial score (nSPS) is 10.7. The molecule has 0 fully saturated rings. The number of aromatic amines is 1. The van der Waals surface area contributed by atoms with Crippen LogP contribution in [-0.2, 0) is 0 Å². The lowest BCUT2D eigenvalue weighted by molar-refractivity contribution is 1.42. The van der Waals surface area contributed by atoms with Crippen LogP contribution in [0.1, 0.15) is 11.1 Å². The number of fused-ring (bicyclic) bond motifs is 1. The van der Waals surface area contributed by atoms with Gasteiger partial charge in [0.15, 0.2) is 0 Å². The van der Waals surface area contributed by atoms with Crippen LogP contribution in [0.15, 0.2) is 24.4 Å². The van der Waals surface area contributed by atoms with Crippen LogP contribution in [0.2, 0.25) is 0 Å². The molecule has 0 amide bonds. The van der Waals surface area contributed by atoms with Crippen LogP contribution in [0.4, 0.5) is 0 Å². The molecular weight excluding hydrogens is 134 g/mol. The van der Waals surface area contributed by atoms with Crippen molar-refractivity contribution in [1.29, 1.82) is 0 Å². The van der Waals surface area contributed by atoms with Crippen molar-refractivity contribution in [2.45, 2.75) is 6.92 Å². The second-order valence-electron chi connectivity index (χ2n) is 2.81. The van der Waals surface area contributed by atoms with E-state index in [2.05, 4.69) is 24.9 Å². The van der Waals surface area contributed by atoms with Crippen LogP contribution in [-0.4, -0.2) is 4.98 Å². The highest BCUT2D eigenvalue weighted by molar-refractivity contribution is 5.86. The smallest absolute Gasteiger partial charge is 0.0489 e. The third-order valence-corrected chi connectivity index (χ3v) is 2.01. The molecule has 0 spiro atoms. The van der Waals surface area contributed by atoms with Gasteiger partial charge >= 0.3 is 0 Å². The van der Waals surface area contributed by atoms with E-state index in [9.17, 15) is 0 Å². The monoisotopic (exact) mass is 144 g/mol. The average Bonchev–Trinajstić information content (AvgIpc) is 2.35. The van der Waals surface area contributed by atoms with Crippen LogP contribution in [0, 0.1) is 13.8 Å². The quantitative estimate of drug-likeness (QED) is 0.585. The largest absolute Gasteiger partial charge is 0.361 e. The van der Waals surface area contributed by atoms with E-state index in [0.717, 1.165) is 11.1 Å². The Balaban J connectivity index is 2.94. The summed E-state index contributed by atoms with van der Waals surface area (Å²) in [7, 11) is 0. The average molecular weight is 144 g/mol. The molecule has 1 radical (unpaired) electrons. The lowest BCUT2D eigenvalue weighted by Gasteiger charge is -1.94. The zero-order valence-electron chi connectivity index (χ0n) is 6.52. The number of benzene rings is 1. The summed E-state index contributed by atoms with van der Waals surface area (Å²) >= 11 is 0. The van der Waals surface area contributed by atoms with E-state index in [1.807, 2.05) is 18.3 Å². The highest BCUT2D eigenvalue weighted by Crippen LogP contribution is 2.19. The Bertz CT molecular complexity index is 385. The van der Waals surface area contributed by atoms with E-state index in [1.165, 1.54) is 10.9 Å². The number of rotatable bonds is 0. The molecule has 0 unspecified atom stereocenters. The Morgan fingerprint density at radius 3 is 2.91 bits per heavy atom. The summed E-state index contributed by atoms with van der Waals surface area (Å²) in [6.45, 7) is 6.03. The number of aromatic nitrogens is 1. The fraction of sp³-hybridized carbons (Fsp3) is 0.100. The van der Waals surface area contributed by atoms with Gasteiger partial charge in [0.25, 0.3) is 0 Å². The summed E-state index contributed by atoms with van der Waals surface area (Å²) in [5.41, 5.74) is 3.51. The molecule has 0 atom stereocenters. The minimum atomic E-state index is 1.07. The third-order valence-electron chi connectivity index (χ3n) is 2.01. The number of nitrogens with one attached hydrogen (secondary N) is 1. The Labute approximate surface area is 66.1 Å². The molecule has 11 heavy (non-hydrogen) atoms. The Morgan fingerprint density at radius 2 is 2.18 bits per heavy atom. The summed E-state index contributed by atoms with van der Waals surface area (Å²) in [5, 5.41) is 1.28. The van der Waals surface area contributed by atoms with E-state index in [1.54, 1.807) is 0 Å². The third kappa shape index (κ3) is 0.845. The van der Waals surface area contributed by atoms with Crippen LogP contribution >= 0.6 is 0 Å². The van der Waals surface area contributed by atoms with Gasteiger partial charge in [0.1, 0.15) is 0 Å². The molecule has 55 valence electrons. The van der Waals surface area contributed by atoms with Gasteiger partial charge in [0, 0.05) is 17.1 Å². The van der Waals surface area contributed by atoms with Gasteiger partial charge in [-0.3, -0.25) is 0 Å². The van der Waals surface area contributed by atoms with E-state index in [-0.39, 0.29) is 0 Å². The molecule has 2 aromatic rings. The molecule has 1 aromatic heterocycles. The van der Waals surface area contributed by atoms with E-state index >= 15 is 0 Å². The second-order valence-corrected chi connectivity index (χ2v) is 2.81.